The summed E-state index contributed by atoms with van der Waals surface area (Å²) in [4.78, 5) is 26.1. The number of carboxylic acid groups (broad SMARTS) is 1. The van der Waals surface area contributed by atoms with Crippen molar-refractivity contribution in [2.75, 3.05) is 6.54 Å². The van der Waals surface area contributed by atoms with Crippen molar-refractivity contribution in [1.82, 2.24) is 30.6 Å². The minimum absolute atomic E-state index is 0.140. The Morgan fingerprint density at radius 2 is 2.24 bits per heavy atom. The van der Waals surface area contributed by atoms with Gasteiger partial charge in [-0.2, -0.15) is 0 Å². The fraction of sp³-hybridized carbons (Fsp3) is 0.364. The van der Waals surface area contributed by atoms with Gasteiger partial charge in [0.2, 0.25) is 5.89 Å². The highest BCUT2D eigenvalue weighted by molar-refractivity contribution is 5.84. The van der Waals surface area contributed by atoms with Crippen LogP contribution >= 0.6 is 0 Å². The fourth-order valence-electron chi connectivity index (χ4n) is 1.49. The van der Waals surface area contributed by atoms with E-state index in [0.29, 0.717) is 18.2 Å². The van der Waals surface area contributed by atoms with E-state index in [1.165, 1.54) is 10.9 Å². The van der Waals surface area contributed by atoms with Crippen LogP contribution in [0.25, 0.3) is 0 Å². The van der Waals surface area contributed by atoms with E-state index >= 15 is 0 Å². The molecule has 3 N–H and O–H groups in total. The zero-order chi connectivity index (χ0) is 15.2. The molecule has 0 aliphatic rings. The van der Waals surface area contributed by atoms with E-state index in [9.17, 15) is 9.59 Å². The third kappa shape index (κ3) is 4.30. The largest absolute Gasteiger partial charge is 0.476 e. The lowest BCUT2D eigenvalue weighted by molar-refractivity contribution is 0.0690. The summed E-state index contributed by atoms with van der Waals surface area (Å²) in [5.74, 6) is -0.0501. The van der Waals surface area contributed by atoms with E-state index < -0.39 is 5.97 Å². The minimum Gasteiger partial charge on any atom is -0.476 e. The van der Waals surface area contributed by atoms with E-state index in [-0.39, 0.29) is 24.8 Å². The number of aryl methyl sites for hydroxylation is 1. The van der Waals surface area contributed by atoms with Gasteiger partial charge in [0.1, 0.15) is 5.76 Å². The number of carbonyl (C=O) groups excluding carboxylic acids is 1. The molecule has 0 aliphatic carbocycles. The lowest BCUT2D eigenvalue weighted by Gasteiger charge is -2.05. The topological polar surface area (TPSA) is 135 Å². The molecule has 2 heterocycles. The van der Waals surface area contributed by atoms with Gasteiger partial charge in [0.25, 0.3) is 0 Å². The van der Waals surface area contributed by atoms with E-state index in [1.54, 1.807) is 13.1 Å². The zero-order valence-electron chi connectivity index (χ0n) is 11.2. The number of hydrogen-bond donors (Lipinski definition) is 3. The summed E-state index contributed by atoms with van der Waals surface area (Å²) in [5, 5.41) is 20.9. The van der Waals surface area contributed by atoms with Crippen LogP contribution in [0, 0.1) is 6.92 Å². The summed E-state index contributed by atoms with van der Waals surface area (Å²) in [5.41, 5.74) is -0.140. The molecule has 0 bridgehead atoms. The van der Waals surface area contributed by atoms with Crippen LogP contribution in [-0.2, 0) is 13.1 Å². The molecule has 0 fully saturated rings. The molecule has 0 saturated heterocycles. The SMILES string of the molecule is Cc1cnc(CNC(=O)NCCn2cc(C(=O)O)nn2)o1. The van der Waals surface area contributed by atoms with Crippen LogP contribution in [0.5, 0.6) is 0 Å². The number of urea groups is 1. The third-order valence-electron chi connectivity index (χ3n) is 2.45. The first-order valence-corrected chi connectivity index (χ1v) is 6.11. The second-order valence-corrected chi connectivity index (χ2v) is 4.15. The Labute approximate surface area is 119 Å². The van der Waals surface area contributed by atoms with E-state index in [2.05, 4.69) is 25.9 Å². The molecule has 0 saturated carbocycles. The van der Waals surface area contributed by atoms with Crippen LogP contribution in [-0.4, -0.2) is 43.6 Å². The van der Waals surface area contributed by atoms with Crippen LogP contribution in [0.15, 0.2) is 16.8 Å². The van der Waals surface area contributed by atoms with Crippen LogP contribution < -0.4 is 10.6 Å². The summed E-state index contributed by atoms with van der Waals surface area (Å²) >= 11 is 0. The number of carboxylic acids is 1. The molecule has 10 nitrogen and oxygen atoms in total. The molecule has 112 valence electrons. The second-order valence-electron chi connectivity index (χ2n) is 4.15. The third-order valence-corrected chi connectivity index (χ3v) is 2.45. The number of nitrogens with one attached hydrogen (secondary N) is 2. The quantitative estimate of drug-likeness (QED) is 0.669. The van der Waals surface area contributed by atoms with Gasteiger partial charge in [-0.1, -0.05) is 5.21 Å². The van der Waals surface area contributed by atoms with Gasteiger partial charge in [0.15, 0.2) is 5.69 Å². The Kier molecular flexibility index (Phi) is 4.49. The van der Waals surface area contributed by atoms with Gasteiger partial charge in [-0.25, -0.2) is 19.3 Å². The van der Waals surface area contributed by atoms with Gasteiger partial charge in [0, 0.05) is 6.54 Å². The summed E-state index contributed by atoms with van der Waals surface area (Å²) in [6.45, 7) is 2.54. The molecule has 0 aliphatic heterocycles. The van der Waals surface area contributed by atoms with Crippen LogP contribution in [0.1, 0.15) is 22.1 Å². The lowest BCUT2D eigenvalue weighted by atomic mass is 10.5. The highest BCUT2D eigenvalue weighted by Gasteiger charge is 2.08. The fourth-order valence-corrected chi connectivity index (χ4v) is 1.49. The first kappa shape index (κ1) is 14.5. The standard InChI is InChI=1S/C11H14N6O4/c1-7-4-13-9(21-7)5-14-11(20)12-2-3-17-6-8(10(18)19)15-16-17/h4,6H,2-3,5H2,1H3,(H,18,19)(H2,12,14,20). The first-order chi connectivity index (χ1) is 10.0. The number of oxazole rings is 1. The number of carbonyl (C=O) groups is 2. The Balaban J connectivity index is 1.67. The molecule has 21 heavy (non-hydrogen) atoms. The number of aromatic carboxylic acids is 1. The van der Waals surface area contributed by atoms with Gasteiger partial charge in [-0.05, 0) is 6.92 Å². The van der Waals surface area contributed by atoms with Crippen LogP contribution in [0.3, 0.4) is 0 Å². The highest BCUT2D eigenvalue weighted by Crippen LogP contribution is 2.00. The number of amides is 2. The summed E-state index contributed by atoms with van der Waals surface area (Å²) < 4.78 is 6.54. The molecule has 2 amide bonds. The smallest absolute Gasteiger partial charge is 0.358 e. The molecule has 0 radical (unpaired) electrons. The molecule has 0 spiro atoms. The molecular weight excluding hydrogens is 280 g/mol. The maximum Gasteiger partial charge on any atom is 0.358 e. The number of hydrogen-bond acceptors (Lipinski definition) is 6. The van der Waals surface area contributed by atoms with Crippen molar-refractivity contribution in [1.29, 1.82) is 0 Å². The highest BCUT2D eigenvalue weighted by atomic mass is 16.4. The normalized spacial score (nSPS) is 10.3. The Morgan fingerprint density at radius 1 is 1.43 bits per heavy atom. The first-order valence-electron chi connectivity index (χ1n) is 6.11. The van der Waals surface area contributed by atoms with Gasteiger partial charge < -0.3 is 20.2 Å². The number of aromatic nitrogens is 4. The van der Waals surface area contributed by atoms with Crippen molar-refractivity contribution in [3.63, 3.8) is 0 Å². The monoisotopic (exact) mass is 294 g/mol. The van der Waals surface area contributed by atoms with Crippen molar-refractivity contribution in [3.05, 3.63) is 29.7 Å². The summed E-state index contributed by atoms with van der Waals surface area (Å²) in [7, 11) is 0. The van der Waals surface area contributed by atoms with E-state index in [4.69, 9.17) is 9.52 Å². The number of rotatable bonds is 6. The lowest BCUT2D eigenvalue weighted by Crippen LogP contribution is -2.36. The Morgan fingerprint density at radius 3 is 2.86 bits per heavy atom. The summed E-state index contributed by atoms with van der Waals surface area (Å²) in [6, 6.07) is -0.385. The maximum atomic E-state index is 11.5. The van der Waals surface area contributed by atoms with Crippen LogP contribution in [0.2, 0.25) is 0 Å². The molecule has 2 rings (SSSR count). The van der Waals surface area contributed by atoms with Crippen molar-refractivity contribution in [3.8, 4) is 0 Å². The molecule has 0 unspecified atom stereocenters. The minimum atomic E-state index is -1.15. The number of nitrogens with zero attached hydrogens (tertiary/aromatic N) is 4. The van der Waals surface area contributed by atoms with E-state index in [1.807, 2.05) is 0 Å². The van der Waals surface area contributed by atoms with Gasteiger partial charge >= 0.3 is 12.0 Å². The summed E-state index contributed by atoms with van der Waals surface area (Å²) in [6.07, 6.45) is 2.86. The second kappa shape index (κ2) is 6.50. The van der Waals surface area contributed by atoms with Crippen molar-refractivity contribution >= 4 is 12.0 Å². The van der Waals surface area contributed by atoms with E-state index in [0.717, 1.165) is 0 Å². The molecule has 10 heteroatoms. The zero-order valence-corrected chi connectivity index (χ0v) is 11.2. The van der Waals surface area contributed by atoms with Gasteiger partial charge in [-0.3, -0.25) is 0 Å². The predicted molar refractivity (Wildman–Crippen MR) is 68.5 cm³/mol. The predicted octanol–water partition coefficient (Wildman–Crippen LogP) is -0.228. The molecule has 2 aromatic heterocycles. The van der Waals surface area contributed by atoms with Gasteiger partial charge in [-0.15, -0.1) is 5.10 Å². The maximum absolute atomic E-state index is 11.5. The van der Waals surface area contributed by atoms with Crippen molar-refractivity contribution in [2.45, 2.75) is 20.0 Å². The molecule has 0 atom stereocenters. The Hall–Kier alpha value is -2.91. The van der Waals surface area contributed by atoms with Crippen molar-refractivity contribution in [2.24, 2.45) is 0 Å². The average Bonchev–Trinajstić information content (AvgIpc) is 3.05. The molecular formula is C11H14N6O4. The molecule has 2 aromatic rings. The Bertz CT molecular complexity index is 634. The molecule has 0 aromatic carbocycles. The van der Waals surface area contributed by atoms with Crippen LogP contribution in [0.4, 0.5) is 4.79 Å². The van der Waals surface area contributed by atoms with Gasteiger partial charge in [0.05, 0.1) is 25.5 Å². The van der Waals surface area contributed by atoms with Crippen molar-refractivity contribution < 1.29 is 19.1 Å². The average molecular weight is 294 g/mol.